The van der Waals surface area contributed by atoms with Crippen molar-refractivity contribution in [1.29, 1.82) is 0 Å². The standard InChI is InChI=1S/C15H28N4/c1-11-6-8-13(9-7-11)18(4)15-14(10-16-3)12(2)17-19(15)5/h11,13,16H,6-10H2,1-5H3. The van der Waals surface area contributed by atoms with E-state index in [2.05, 4.69) is 43.3 Å². The molecule has 1 aromatic rings. The Kier molecular flexibility index (Phi) is 4.50. The lowest BCUT2D eigenvalue weighted by molar-refractivity contribution is 0.338. The minimum absolute atomic E-state index is 0.668. The quantitative estimate of drug-likeness (QED) is 0.907. The monoisotopic (exact) mass is 264 g/mol. The van der Waals surface area contributed by atoms with E-state index in [0.29, 0.717) is 6.04 Å². The van der Waals surface area contributed by atoms with Gasteiger partial charge in [0, 0.05) is 32.2 Å². The predicted molar refractivity (Wildman–Crippen MR) is 80.5 cm³/mol. The summed E-state index contributed by atoms with van der Waals surface area (Å²) in [5.41, 5.74) is 2.48. The number of nitrogens with one attached hydrogen (secondary N) is 1. The number of rotatable bonds is 4. The molecule has 0 radical (unpaired) electrons. The van der Waals surface area contributed by atoms with Gasteiger partial charge in [0.15, 0.2) is 0 Å². The Morgan fingerprint density at radius 2 is 1.95 bits per heavy atom. The van der Waals surface area contributed by atoms with Gasteiger partial charge in [-0.1, -0.05) is 6.92 Å². The first-order valence-corrected chi connectivity index (χ1v) is 7.44. The predicted octanol–water partition coefficient (Wildman–Crippen LogP) is 2.46. The summed E-state index contributed by atoms with van der Waals surface area (Å²) in [4.78, 5) is 2.46. The molecular formula is C15H28N4. The second-order valence-corrected chi connectivity index (χ2v) is 6.07. The molecule has 1 fully saturated rings. The first-order valence-electron chi connectivity index (χ1n) is 7.44. The molecule has 0 saturated heterocycles. The highest BCUT2D eigenvalue weighted by Crippen LogP contribution is 2.31. The average Bonchev–Trinajstić information content (AvgIpc) is 2.65. The van der Waals surface area contributed by atoms with Gasteiger partial charge in [0.1, 0.15) is 5.82 Å². The maximum atomic E-state index is 4.60. The lowest BCUT2D eigenvalue weighted by Gasteiger charge is -2.35. The Morgan fingerprint density at radius 1 is 1.32 bits per heavy atom. The van der Waals surface area contributed by atoms with Crippen molar-refractivity contribution in [2.45, 2.75) is 52.1 Å². The second kappa shape index (κ2) is 5.95. The molecule has 0 atom stereocenters. The summed E-state index contributed by atoms with van der Waals surface area (Å²) in [7, 11) is 6.29. The summed E-state index contributed by atoms with van der Waals surface area (Å²) in [5.74, 6) is 2.18. The van der Waals surface area contributed by atoms with Crippen LogP contribution in [-0.4, -0.2) is 29.9 Å². The van der Waals surface area contributed by atoms with Gasteiger partial charge in [-0.2, -0.15) is 5.10 Å². The van der Waals surface area contributed by atoms with Crippen molar-refractivity contribution in [2.24, 2.45) is 13.0 Å². The van der Waals surface area contributed by atoms with E-state index in [4.69, 9.17) is 0 Å². The largest absolute Gasteiger partial charge is 0.357 e. The molecule has 2 rings (SSSR count). The molecule has 1 aliphatic rings. The van der Waals surface area contributed by atoms with Crippen LogP contribution in [0, 0.1) is 12.8 Å². The van der Waals surface area contributed by atoms with Gasteiger partial charge in [0.05, 0.1) is 5.69 Å². The van der Waals surface area contributed by atoms with E-state index in [1.807, 2.05) is 11.7 Å². The van der Waals surface area contributed by atoms with E-state index in [1.165, 1.54) is 37.1 Å². The molecule has 1 aromatic heterocycles. The molecule has 0 unspecified atom stereocenters. The second-order valence-electron chi connectivity index (χ2n) is 6.07. The minimum Gasteiger partial charge on any atom is -0.357 e. The van der Waals surface area contributed by atoms with Crippen molar-refractivity contribution >= 4 is 5.82 Å². The number of aromatic nitrogens is 2. The van der Waals surface area contributed by atoms with Gasteiger partial charge in [-0.05, 0) is 45.6 Å². The van der Waals surface area contributed by atoms with Gasteiger partial charge in [0.25, 0.3) is 0 Å². The molecule has 0 spiro atoms. The topological polar surface area (TPSA) is 33.1 Å². The van der Waals surface area contributed by atoms with Crippen LogP contribution in [-0.2, 0) is 13.6 Å². The third-order valence-corrected chi connectivity index (χ3v) is 4.53. The number of anilines is 1. The van der Waals surface area contributed by atoms with Crippen molar-refractivity contribution in [1.82, 2.24) is 15.1 Å². The Labute approximate surface area is 117 Å². The fraction of sp³-hybridized carbons (Fsp3) is 0.800. The van der Waals surface area contributed by atoms with Crippen molar-refractivity contribution in [3.05, 3.63) is 11.3 Å². The first-order chi connectivity index (χ1) is 9.04. The molecule has 1 N–H and O–H groups in total. The molecule has 108 valence electrons. The highest BCUT2D eigenvalue weighted by molar-refractivity contribution is 5.50. The summed E-state index contributed by atoms with van der Waals surface area (Å²) in [6, 6.07) is 0.668. The third kappa shape index (κ3) is 2.94. The van der Waals surface area contributed by atoms with Crippen LogP contribution in [0.4, 0.5) is 5.82 Å². The van der Waals surface area contributed by atoms with E-state index < -0.39 is 0 Å². The van der Waals surface area contributed by atoms with Gasteiger partial charge in [-0.15, -0.1) is 0 Å². The van der Waals surface area contributed by atoms with Crippen LogP contribution in [0.2, 0.25) is 0 Å². The average molecular weight is 264 g/mol. The van der Waals surface area contributed by atoms with Crippen LogP contribution >= 0.6 is 0 Å². The first kappa shape index (κ1) is 14.4. The maximum Gasteiger partial charge on any atom is 0.131 e. The fourth-order valence-corrected chi connectivity index (χ4v) is 3.32. The highest BCUT2D eigenvalue weighted by Gasteiger charge is 2.26. The van der Waals surface area contributed by atoms with E-state index in [0.717, 1.165) is 18.2 Å². The summed E-state index contributed by atoms with van der Waals surface area (Å²) in [6.45, 7) is 5.37. The maximum absolute atomic E-state index is 4.60. The molecule has 0 aliphatic heterocycles. The Morgan fingerprint density at radius 3 is 2.53 bits per heavy atom. The van der Waals surface area contributed by atoms with Crippen molar-refractivity contribution in [2.75, 3.05) is 19.0 Å². The zero-order chi connectivity index (χ0) is 14.0. The van der Waals surface area contributed by atoms with Gasteiger partial charge < -0.3 is 10.2 Å². The van der Waals surface area contributed by atoms with Crippen molar-refractivity contribution in [3.8, 4) is 0 Å². The highest BCUT2D eigenvalue weighted by atomic mass is 15.4. The SMILES string of the molecule is CNCc1c(C)nn(C)c1N(C)C1CCC(C)CC1. The lowest BCUT2D eigenvalue weighted by Crippen LogP contribution is -2.36. The summed E-state index contributed by atoms with van der Waals surface area (Å²) < 4.78 is 2.04. The van der Waals surface area contributed by atoms with E-state index in [1.54, 1.807) is 0 Å². The molecular weight excluding hydrogens is 236 g/mol. The van der Waals surface area contributed by atoms with Crippen molar-refractivity contribution in [3.63, 3.8) is 0 Å². The van der Waals surface area contributed by atoms with E-state index in [-0.39, 0.29) is 0 Å². The molecule has 4 nitrogen and oxygen atoms in total. The Bertz CT molecular complexity index is 416. The fourth-order valence-electron chi connectivity index (χ4n) is 3.32. The van der Waals surface area contributed by atoms with Crippen LogP contribution in [0.15, 0.2) is 0 Å². The summed E-state index contributed by atoms with van der Waals surface area (Å²) >= 11 is 0. The molecule has 1 heterocycles. The van der Waals surface area contributed by atoms with E-state index in [9.17, 15) is 0 Å². The lowest BCUT2D eigenvalue weighted by atomic mass is 9.86. The minimum atomic E-state index is 0.668. The van der Waals surface area contributed by atoms with Gasteiger partial charge in [-0.25, -0.2) is 0 Å². The van der Waals surface area contributed by atoms with Gasteiger partial charge in [-0.3, -0.25) is 4.68 Å². The number of aryl methyl sites for hydroxylation is 2. The molecule has 0 amide bonds. The smallest absolute Gasteiger partial charge is 0.131 e. The normalized spacial score (nSPS) is 23.6. The van der Waals surface area contributed by atoms with Crippen LogP contribution in [0.25, 0.3) is 0 Å². The van der Waals surface area contributed by atoms with Crippen molar-refractivity contribution < 1.29 is 0 Å². The van der Waals surface area contributed by atoms with Gasteiger partial charge in [0.2, 0.25) is 0 Å². The third-order valence-electron chi connectivity index (χ3n) is 4.53. The molecule has 4 heteroatoms. The zero-order valence-electron chi connectivity index (χ0n) is 13.0. The molecule has 1 saturated carbocycles. The number of hydrogen-bond acceptors (Lipinski definition) is 3. The molecule has 19 heavy (non-hydrogen) atoms. The zero-order valence-corrected chi connectivity index (χ0v) is 13.0. The Hall–Kier alpha value is -1.03. The number of hydrogen-bond donors (Lipinski definition) is 1. The van der Waals surface area contributed by atoms with Crippen LogP contribution in [0.1, 0.15) is 43.9 Å². The van der Waals surface area contributed by atoms with Crippen LogP contribution in [0.5, 0.6) is 0 Å². The Balaban J connectivity index is 2.20. The number of nitrogens with zero attached hydrogens (tertiary/aromatic N) is 3. The van der Waals surface area contributed by atoms with E-state index >= 15 is 0 Å². The van der Waals surface area contributed by atoms with Crippen LogP contribution < -0.4 is 10.2 Å². The molecule has 0 bridgehead atoms. The van der Waals surface area contributed by atoms with Crippen LogP contribution in [0.3, 0.4) is 0 Å². The summed E-state index contributed by atoms with van der Waals surface area (Å²) in [6.07, 6.45) is 5.32. The van der Waals surface area contributed by atoms with Gasteiger partial charge >= 0.3 is 0 Å². The molecule has 1 aliphatic carbocycles. The summed E-state index contributed by atoms with van der Waals surface area (Å²) in [5, 5.41) is 7.86. The molecule has 0 aromatic carbocycles.